The summed E-state index contributed by atoms with van der Waals surface area (Å²) in [5.41, 5.74) is 0.948. The maximum absolute atomic E-state index is 12.9. The van der Waals surface area contributed by atoms with Crippen molar-refractivity contribution in [2.45, 2.75) is 0 Å². The highest BCUT2D eigenvalue weighted by Crippen LogP contribution is 2.16. The van der Waals surface area contributed by atoms with Crippen molar-refractivity contribution in [3.8, 4) is 5.75 Å². The molecule has 0 amide bonds. The third-order valence-corrected chi connectivity index (χ3v) is 2.85. The van der Waals surface area contributed by atoms with Crippen LogP contribution in [0.3, 0.4) is 0 Å². The zero-order valence-corrected chi connectivity index (χ0v) is 11.6. The molecule has 2 nitrogen and oxygen atoms in total. The first-order valence-corrected chi connectivity index (χ1v) is 6.51. The first kappa shape index (κ1) is 13.8. The van der Waals surface area contributed by atoms with Crippen LogP contribution in [0.1, 0.15) is 0 Å². The molecule has 2 aromatic rings. The molecule has 0 saturated carbocycles. The first-order chi connectivity index (χ1) is 9.13. The Hall–Kier alpha value is -1.62. The Balaban J connectivity index is 1.80. The second kappa shape index (κ2) is 6.52. The molecule has 2 rings (SSSR count). The van der Waals surface area contributed by atoms with E-state index in [1.807, 2.05) is 24.3 Å². The lowest BCUT2D eigenvalue weighted by molar-refractivity contribution is 0.329. The summed E-state index contributed by atoms with van der Waals surface area (Å²) in [4.78, 5) is 0. The van der Waals surface area contributed by atoms with Crippen LogP contribution in [-0.2, 0) is 0 Å². The summed E-state index contributed by atoms with van der Waals surface area (Å²) in [6.07, 6.45) is 0. The van der Waals surface area contributed by atoms with Crippen molar-refractivity contribution in [3.63, 3.8) is 0 Å². The minimum atomic E-state index is -0.644. The van der Waals surface area contributed by atoms with Crippen molar-refractivity contribution in [2.75, 3.05) is 18.5 Å². The Morgan fingerprint density at radius 3 is 2.47 bits per heavy atom. The number of ether oxygens (including phenoxy) is 1. The molecular weight excluding hydrogens is 316 g/mol. The highest BCUT2D eigenvalue weighted by molar-refractivity contribution is 9.10. The summed E-state index contributed by atoms with van der Waals surface area (Å²) in [6.45, 7) is 0.851. The van der Waals surface area contributed by atoms with Crippen LogP contribution in [0, 0.1) is 11.6 Å². The molecule has 0 aliphatic carbocycles. The van der Waals surface area contributed by atoms with Gasteiger partial charge in [0.05, 0.1) is 0 Å². The third-order valence-electron chi connectivity index (χ3n) is 2.36. The molecule has 0 aliphatic heterocycles. The van der Waals surface area contributed by atoms with E-state index < -0.39 is 11.6 Å². The molecule has 19 heavy (non-hydrogen) atoms. The van der Waals surface area contributed by atoms with E-state index in [1.54, 1.807) is 0 Å². The predicted octanol–water partition coefficient (Wildman–Crippen LogP) is 4.22. The predicted molar refractivity (Wildman–Crippen MR) is 74.5 cm³/mol. The summed E-state index contributed by atoms with van der Waals surface area (Å²) in [5.74, 6) is -1.10. The molecule has 2 aromatic carbocycles. The maximum Gasteiger partial charge on any atom is 0.129 e. The SMILES string of the molecule is Fc1cc(F)cc(OCCNc2cccc(Br)c2)c1. The van der Waals surface area contributed by atoms with Gasteiger partial charge in [0.15, 0.2) is 0 Å². The van der Waals surface area contributed by atoms with Crippen molar-refractivity contribution in [2.24, 2.45) is 0 Å². The average Bonchev–Trinajstić information content (AvgIpc) is 2.34. The van der Waals surface area contributed by atoms with Gasteiger partial charge in [0.25, 0.3) is 0 Å². The summed E-state index contributed by atoms with van der Waals surface area (Å²) in [6, 6.07) is 10.8. The van der Waals surface area contributed by atoms with Gasteiger partial charge in [-0.2, -0.15) is 0 Å². The standard InChI is InChI=1S/C14H12BrF2NO/c15-10-2-1-3-13(6-10)18-4-5-19-14-8-11(16)7-12(17)9-14/h1-3,6-9,18H,4-5H2. The Labute approximate surface area is 118 Å². The van der Waals surface area contributed by atoms with E-state index in [0.717, 1.165) is 28.4 Å². The summed E-state index contributed by atoms with van der Waals surface area (Å²) in [5, 5.41) is 3.14. The van der Waals surface area contributed by atoms with E-state index in [-0.39, 0.29) is 5.75 Å². The van der Waals surface area contributed by atoms with Crippen LogP contribution in [0.4, 0.5) is 14.5 Å². The molecule has 0 radical (unpaired) electrons. The third kappa shape index (κ3) is 4.52. The zero-order valence-electron chi connectivity index (χ0n) is 10.00. The van der Waals surface area contributed by atoms with Crippen LogP contribution in [0.2, 0.25) is 0 Å². The smallest absolute Gasteiger partial charge is 0.129 e. The molecule has 0 aliphatic rings. The average molecular weight is 328 g/mol. The molecular formula is C14H12BrF2NO. The Morgan fingerprint density at radius 1 is 1.05 bits per heavy atom. The molecule has 100 valence electrons. The summed E-state index contributed by atoms with van der Waals surface area (Å²) in [7, 11) is 0. The largest absolute Gasteiger partial charge is 0.492 e. The van der Waals surface area contributed by atoms with Crippen molar-refractivity contribution < 1.29 is 13.5 Å². The highest BCUT2D eigenvalue weighted by Gasteiger charge is 2.01. The molecule has 0 bridgehead atoms. The quantitative estimate of drug-likeness (QED) is 0.830. The van der Waals surface area contributed by atoms with Gasteiger partial charge in [0, 0.05) is 34.9 Å². The maximum atomic E-state index is 12.9. The van der Waals surface area contributed by atoms with Crippen LogP contribution >= 0.6 is 15.9 Å². The minimum Gasteiger partial charge on any atom is -0.492 e. The molecule has 0 unspecified atom stereocenters. The fraction of sp³-hybridized carbons (Fsp3) is 0.143. The van der Waals surface area contributed by atoms with E-state index in [2.05, 4.69) is 21.2 Å². The van der Waals surface area contributed by atoms with Gasteiger partial charge in [-0.15, -0.1) is 0 Å². The molecule has 0 heterocycles. The van der Waals surface area contributed by atoms with Gasteiger partial charge in [-0.1, -0.05) is 22.0 Å². The fourth-order valence-electron chi connectivity index (χ4n) is 1.57. The van der Waals surface area contributed by atoms with Crippen LogP contribution in [0.25, 0.3) is 0 Å². The molecule has 1 N–H and O–H groups in total. The van der Waals surface area contributed by atoms with Gasteiger partial charge in [-0.25, -0.2) is 8.78 Å². The van der Waals surface area contributed by atoms with Crippen LogP contribution in [0.15, 0.2) is 46.9 Å². The number of hydrogen-bond donors (Lipinski definition) is 1. The minimum absolute atomic E-state index is 0.188. The molecule has 0 aromatic heterocycles. The normalized spacial score (nSPS) is 10.3. The molecule has 5 heteroatoms. The zero-order chi connectivity index (χ0) is 13.7. The number of anilines is 1. The van der Waals surface area contributed by atoms with E-state index in [9.17, 15) is 8.78 Å². The van der Waals surface area contributed by atoms with Gasteiger partial charge >= 0.3 is 0 Å². The van der Waals surface area contributed by atoms with Crippen LogP contribution in [-0.4, -0.2) is 13.2 Å². The fourth-order valence-corrected chi connectivity index (χ4v) is 1.97. The van der Waals surface area contributed by atoms with E-state index >= 15 is 0 Å². The van der Waals surface area contributed by atoms with Crippen LogP contribution < -0.4 is 10.1 Å². The summed E-state index contributed by atoms with van der Waals surface area (Å²) >= 11 is 3.37. The summed E-state index contributed by atoms with van der Waals surface area (Å²) < 4.78 is 32.1. The number of benzene rings is 2. The molecule has 0 saturated heterocycles. The highest BCUT2D eigenvalue weighted by atomic mass is 79.9. The van der Waals surface area contributed by atoms with Crippen molar-refractivity contribution in [3.05, 3.63) is 58.6 Å². The van der Waals surface area contributed by atoms with Gasteiger partial charge in [-0.3, -0.25) is 0 Å². The number of hydrogen-bond acceptors (Lipinski definition) is 2. The van der Waals surface area contributed by atoms with Gasteiger partial charge in [-0.05, 0) is 18.2 Å². The lowest BCUT2D eigenvalue weighted by Crippen LogP contribution is -2.11. The van der Waals surface area contributed by atoms with E-state index in [4.69, 9.17) is 4.74 Å². The van der Waals surface area contributed by atoms with Crippen molar-refractivity contribution in [1.82, 2.24) is 0 Å². The first-order valence-electron chi connectivity index (χ1n) is 5.72. The number of rotatable bonds is 5. The van der Waals surface area contributed by atoms with E-state index in [0.29, 0.717) is 13.2 Å². The number of nitrogens with one attached hydrogen (secondary N) is 1. The lowest BCUT2D eigenvalue weighted by Gasteiger charge is -2.09. The molecule has 0 fully saturated rings. The topological polar surface area (TPSA) is 21.3 Å². The Morgan fingerprint density at radius 2 is 1.79 bits per heavy atom. The van der Waals surface area contributed by atoms with Crippen molar-refractivity contribution in [1.29, 1.82) is 0 Å². The van der Waals surface area contributed by atoms with E-state index in [1.165, 1.54) is 0 Å². The monoisotopic (exact) mass is 327 g/mol. The van der Waals surface area contributed by atoms with Gasteiger partial charge < -0.3 is 10.1 Å². The molecule has 0 atom stereocenters. The van der Waals surface area contributed by atoms with Crippen molar-refractivity contribution >= 4 is 21.6 Å². The number of halogens is 3. The lowest BCUT2D eigenvalue weighted by atomic mass is 10.3. The van der Waals surface area contributed by atoms with Crippen LogP contribution in [0.5, 0.6) is 5.75 Å². The Kier molecular flexibility index (Phi) is 4.74. The second-order valence-electron chi connectivity index (χ2n) is 3.89. The van der Waals surface area contributed by atoms with Gasteiger partial charge in [0.2, 0.25) is 0 Å². The second-order valence-corrected chi connectivity index (χ2v) is 4.81. The van der Waals surface area contributed by atoms with Gasteiger partial charge in [0.1, 0.15) is 24.0 Å². The Bertz CT molecular complexity index is 543. The molecule has 0 spiro atoms.